The minimum atomic E-state index is -2.69. The number of hydrogen-bond acceptors (Lipinski definition) is 3. The van der Waals surface area contributed by atoms with E-state index in [0.29, 0.717) is 11.7 Å². The molecule has 2 rings (SSSR count). The molecular weight excluding hydrogens is 162 g/mol. The Morgan fingerprint density at radius 1 is 1.27 bits per heavy atom. The number of piperidine rings is 1. The van der Waals surface area contributed by atoms with Gasteiger partial charge in [0.1, 0.15) is 0 Å². The lowest BCUT2D eigenvalue weighted by molar-refractivity contribution is 0.391. The fourth-order valence-corrected chi connectivity index (χ4v) is 4.36. The first kappa shape index (κ1) is 7.55. The quantitative estimate of drug-likeness (QED) is 0.554. The molecule has 0 aliphatic carbocycles. The summed E-state index contributed by atoms with van der Waals surface area (Å²) < 4.78 is 22.7. The minimum absolute atomic E-state index is 0.0104. The van der Waals surface area contributed by atoms with Gasteiger partial charge in [-0.05, 0) is 31.8 Å². The molecule has 2 aliphatic heterocycles. The van der Waals surface area contributed by atoms with Crippen LogP contribution in [0.25, 0.3) is 0 Å². The zero-order valence-electron chi connectivity index (χ0n) is 6.41. The molecule has 11 heavy (non-hydrogen) atoms. The van der Waals surface area contributed by atoms with Crippen LogP contribution in [0.1, 0.15) is 12.8 Å². The maximum Gasteiger partial charge on any atom is 0.153 e. The predicted molar refractivity (Wildman–Crippen MR) is 43.2 cm³/mol. The van der Waals surface area contributed by atoms with E-state index in [-0.39, 0.29) is 5.25 Å². The van der Waals surface area contributed by atoms with E-state index in [1.165, 1.54) is 0 Å². The summed E-state index contributed by atoms with van der Waals surface area (Å²) in [5, 5.41) is 3.22. The van der Waals surface area contributed by atoms with E-state index in [0.717, 1.165) is 25.9 Å². The van der Waals surface area contributed by atoms with E-state index in [9.17, 15) is 8.42 Å². The normalized spacial score (nSPS) is 41.8. The van der Waals surface area contributed by atoms with Gasteiger partial charge in [-0.2, -0.15) is 0 Å². The average Bonchev–Trinajstić information content (AvgIpc) is 2.29. The molecule has 0 bridgehead atoms. The third-order valence-electron chi connectivity index (χ3n) is 2.77. The van der Waals surface area contributed by atoms with Crippen LogP contribution in [-0.2, 0) is 9.84 Å². The molecule has 0 aromatic carbocycles. The first-order chi connectivity index (χ1) is 5.20. The van der Waals surface area contributed by atoms with E-state index in [4.69, 9.17) is 0 Å². The molecule has 1 N–H and O–H groups in total. The van der Waals surface area contributed by atoms with E-state index < -0.39 is 9.84 Å². The summed E-state index contributed by atoms with van der Waals surface area (Å²) in [5.74, 6) is 0.832. The van der Waals surface area contributed by atoms with Gasteiger partial charge in [-0.15, -0.1) is 0 Å². The molecule has 64 valence electrons. The molecule has 0 aromatic heterocycles. The molecule has 3 nitrogen and oxygen atoms in total. The maximum absolute atomic E-state index is 11.4. The fraction of sp³-hybridized carbons (Fsp3) is 1.00. The summed E-state index contributed by atoms with van der Waals surface area (Å²) in [6.45, 7) is 1.78. The van der Waals surface area contributed by atoms with Crippen LogP contribution >= 0.6 is 0 Å². The molecule has 2 fully saturated rings. The van der Waals surface area contributed by atoms with Gasteiger partial charge in [0, 0.05) is 0 Å². The largest absolute Gasteiger partial charge is 0.316 e. The second kappa shape index (κ2) is 2.45. The third-order valence-corrected chi connectivity index (χ3v) is 5.12. The van der Waals surface area contributed by atoms with Crippen LogP contribution < -0.4 is 5.32 Å². The smallest absolute Gasteiger partial charge is 0.153 e. The number of nitrogens with one attached hydrogen (secondary N) is 1. The van der Waals surface area contributed by atoms with E-state index in [2.05, 4.69) is 5.32 Å². The van der Waals surface area contributed by atoms with Crippen LogP contribution in [0.3, 0.4) is 0 Å². The second-order valence-electron chi connectivity index (χ2n) is 3.45. The van der Waals surface area contributed by atoms with Crippen LogP contribution in [0.15, 0.2) is 0 Å². The zero-order chi connectivity index (χ0) is 7.90. The Morgan fingerprint density at radius 2 is 2.09 bits per heavy atom. The molecular formula is C7H13NO2S. The molecule has 2 atom stereocenters. The molecule has 2 saturated heterocycles. The summed E-state index contributed by atoms with van der Waals surface area (Å²) in [7, 11) is -2.69. The van der Waals surface area contributed by atoms with Crippen LogP contribution in [0, 0.1) is 5.92 Å². The van der Waals surface area contributed by atoms with Gasteiger partial charge in [0.25, 0.3) is 0 Å². The number of rotatable bonds is 0. The van der Waals surface area contributed by atoms with Gasteiger partial charge in [-0.1, -0.05) is 0 Å². The molecule has 0 aromatic rings. The monoisotopic (exact) mass is 175 g/mol. The Balaban J connectivity index is 2.23. The Hall–Kier alpha value is -0.0900. The fourth-order valence-electron chi connectivity index (χ4n) is 2.13. The molecule has 0 spiro atoms. The molecule has 2 aliphatic rings. The predicted octanol–water partition coefficient (Wildman–Crippen LogP) is -0.217. The Labute approximate surface area is 67.1 Å². The number of fused-ring (bicyclic) bond motifs is 1. The molecule has 2 unspecified atom stereocenters. The zero-order valence-corrected chi connectivity index (χ0v) is 7.23. The number of hydrogen-bond donors (Lipinski definition) is 1. The lowest BCUT2D eigenvalue weighted by atomic mass is 9.97. The average molecular weight is 175 g/mol. The molecule has 0 radical (unpaired) electrons. The summed E-state index contributed by atoms with van der Waals surface area (Å²) in [5.41, 5.74) is 0. The van der Waals surface area contributed by atoms with Crippen LogP contribution in [-0.4, -0.2) is 32.5 Å². The van der Waals surface area contributed by atoms with Crippen molar-refractivity contribution in [3.63, 3.8) is 0 Å². The summed E-state index contributed by atoms with van der Waals surface area (Å²) in [4.78, 5) is 0. The van der Waals surface area contributed by atoms with Gasteiger partial charge in [0.15, 0.2) is 9.84 Å². The lowest BCUT2D eigenvalue weighted by Crippen LogP contribution is -2.39. The van der Waals surface area contributed by atoms with Crippen molar-refractivity contribution in [1.29, 1.82) is 0 Å². The summed E-state index contributed by atoms with van der Waals surface area (Å²) in [6, 6.07) is 0. The van der Waals surface area contributed by atoms with Crippen molar-refractivity contribution in [1.82, 2.24) is 5.32 Å². The van der Waals surface area contributed by atoms with Crippen molar-refractivity contribution in [2.75, 3.05) is 18.8 Å². The molecule has 2 heterocycles. The first-order valence-corrected chi connectivity index (χ1v) is 5.84. The first-order valence-electron chi connectivity index (χ1n) is 4.12. The van der Waals surface area contributed by atoms with Gasteiger partial charge in [0.2, 0.25) is 0 Å². The van der Waals surface area contributed by atoms with E-state index >= 15 is 0 Å². The van der Waals surface area contributed by atoms with Crippen molar-refractivity contribution in [3.8, 4) is 0 Å². The van der Waals surface area contributed by atoms with Gasteiger partial charge in [-0.3, -0.25) is 0 Å². The van der Waals surface area contributed by atoms with Gasteiger partial charge in [-0.25, -0.2) is 8.42 Å². The van der Waals surface area contributed by atoms with Gasteiger partial charge in [0.05, 0.1) is 11.0 Å². The standard InChI is InChI=1S/C7H13NO2S/c9-11(10)4-2-6-5-8-3-1-7(6)11/h6-8H,1-5H2. The van der Waals surface area contributed by atoms with Crippen molar-refractivity contribution in [2.45, 2.75) is 18.1 Å². The maximum atomic E-state index is 11.4. The highest BCUT2D eigenvalue weighted by Gasteiger charge is 2.40. The van der Waals surface area contributed by atoms with Crippen LogP contribution in [0.5, 0.6) is 0 Å². The third kappa shape index (κ3) is 1.18. The molecule has 0 saturated carbocycles. The lowest BCUT2D eigenvalue weighted by Gasteiger charge is -2.24. The highest BCUT2D eigenvalue weighted by molar-refractivity contribution is 7.92. The SMILES string of the molecule is O=S1(=O)CCC2CNCCC21. The highest BCUT2D eigenvalue weighted by atomic mass is 32.2. The van der Waals surface area contributed by atoms with Gasteiger partial charge < -0.3 is 5.32 Å². The Bertz CT molecular complexity index is 247. The minimum Gasteiger partial charge on any atom is -0.316 e. The summed E-state index contributed by atoms with van der Waals surface area (Å²) >= 11 is 0. The highest BCUT2D eigenvalue weighted by Crippen LogP contribution is 2.30. The van der Waals surface area contributed by atoms with E-state index in [1.54, 1.807) is 0 Å². The van der Waals surface area contributed by atoms with Crippen LogP contribution in [0.4, 0.5) is 0 Å². The van der Waals surface area contributed by atoms with Crippen LogP contribution in [0.2, 0.25) is 0 Å². The van der Waals surface area contributed by atoms with Crippen molar-refractivity contribution < 1.29 is 8.42 Å². The molecule has 0 amide bonds. The Morgan fingerprint density at radius 3 is 2.82 bits per heavy atom. The number of sulfone groups is 1. The van der Waals surface area contributed by atoms with Crippen molar-refractivity contribution in [3.05, 3.63) is 0 Å². The topological polar surface area (TPSA) is 46.2 Å². The van der Waals surface area contributed by atoms with Gasteiger partial charge >= 0.3 is 0 Å². The van der Waals surface area contributed by atoms with Crippen molar-refractivity contribution >= 4 is 9.84 Å². The summed E-state index contributed by atoms with van der Waals surface area (Å²) in [6.07, 6.45) is 1.70. The van der Waals surface area contributed by atoms with Crippen molar-refractivity contribution in [2.24, 2.45) is 5.92 Å². The van der Waals surface area contributed by atoms with E-state index in [1.807, 2.05) is 0 Å². The molecule has 4 heteroatoms. The second-order valence-corrected chi connectivity index (χ2v) is 5.79. The Kier molecular flexibility index (Phi) is 1.68.